The van der Waals surface area contributed by atoms with Crippen molar-refractivity contribution in [1.82, 2.24) is 0 Å². The second-order valence-electron chi connectivity index (χ2n) is 2.81. The molecule has 0 rings (SSSR count). The number of alkyl halides is 1. The fraction of sp³-hybridized carbons (Fsp3) is 1.00. The first kappa shape index (κ1) is 10.2. The van der Waals surface area contributed by atoms with Crippen LogP contribution in [0.3, 0.4) is 0 Å². The molecule has 0 aromatic carbocycles. The predicted molar refractivity (Wildman–Crippen MR) is 45.6 cm³/mol. The summed E-state index contributed by atoms with van der Waals surface area (Å²) < 4.78 is 5.46. The Bertz CT molecular complexity index is 65.7. The monoisotopic (exact) mass is 164 g/mol. The topological polar surface area (TPSA) is 9.23 Å². The van der Waals surface area contributed by atoms with E-state index in [-0.39, 0.29) is 0 Å². The van der Waals surface area contributed by atoms with Gasteiger partial charge < -0.3 is 4.74 Å². The zero-order chi connectivity index (χ0) is 7.98. The Labute approximate surface area is 68.7 Å². The van der Waals surface area contributed by atoms with E-state index in [2.05, 4.69) is 20.8 Å². The third-order valence-corrected chi connectivity index (χ3v) is 2.03. The number of halogens is 1. The molecule has 0 heterocycles. The van der Waals surface area contributed by atoms with E-state index in [1.54, 1.807) is 0 Å². The summed E-state index contributed by atoms with van der Waals surface area (Å²) in [6.07, 6.45) is 1.46. The van der Waals surface area contributed by atoms with Crippen molar-refractivity contribution in [3.8, 4) is 0 Å². The molecule has 2 heteroatoms. The summed E-state index contributed by atoms with van der Waals surface area (Å²) in [6.45, 7) is 7.09. The molecular formula is C8H17ClO. The summed E-state index contributed by atoms with van der Waals surface area (Å²) in [5.41, 5.74) is 0. The molecule has 0 aromatic heterocycles. The fourth-order valence-corrected chi connectivity index (χ4v) is 0.580. The fourth-order valence-electron chi connectivity index (χ4n) is 0.491. The van der Waals surface area contributed by atoms with Crippen molar-refractivity contribution in [3.05, 3.63) is 0 Å². The molecule has 2 atom stereocenters. The molecule has 0 fully saturated rings. The zero-order valence-corrected chi connectivity index (χ0v) is 7.82. The van der Waals surface area contributed by atoms with Crippen LogP contribution in [-0.4, -0.2) is 18.6 Å². The molecular weight excluding hydrogens is 148 g/mol. The van der Waals surface area contributed by atoms with Gasteiger partial charge in [-0.25, -0.2) is 0 Å². The lowest BCUT2D eigenvalue weighted by molar-refractivity contribution is 0.0462. The molecule has 0 aliphatic rings. The molecule has 0 aliphatic heterocycles. The lowest BCUT2D eigenvalue weighted by Crippen LogP contribution is -2.13. The molecule has 10 heavy (non-hydrogen) atoms. The van der Waals surface area contributed by atoms with Crippen LogP contribution in [0.4, 0.5) is 0 Å². The predicted octanol–water partition coefficient (Wildman–Crippen LogP) is 2.68. The van der Waals surface area contributed by atoms with E-state index in [0.29, 0.717) is 17.9 Å². The van der Waals surface area contributed by atoms with Gasteiger partial charge in [0.05, 0.1) is 12.7 Å². The minimum absolute atomic E-state index is 0.380. The average Bonchev–Trinajstić information content (AvgIpc) is 1.99. The second-order valence-corrected chi connectivity index (χ2v) is 3.12. The van der Waals surface area contributed by atoms with Crippen molar-refractivity contribution in [1.29, 1.82) is 0 Å². The van der Waals surface area contributed by atoms with Gasteiger partial charge in [0.2, 0.25) is 0 Å². The molecule has 0 saturated carbocycles. The Morgan fingerprint density at radius 3 is 2.40 bits per heavy atom. The molecule has 0 N–H and O–H groups in total. The maximum absolute atomic E-state index is 5.60. The number of hydrogen-bond donors (Lipinski definition) is 0. The van der Waals surface area contributed by atoms with Gasteiger partial charge in [-0.2, -0.15) is 0 Å². The van der Waals surface area contributed by atoms with E-state index in [4.69, 9.17) is 16.3 Å². The van der Waals surface area contributed by atoms with Gasteiger partial charge in [-0.05, 0) is 19.3 Å². The van der Waals surface area contributed by atoms with E-state index in [0.717, 1.165) is 13.0 Å². The lowest BCUT2D eigenvalue weighted by atomic mass is 10.2. The smallest absolute Gasteiger partial charge is 0.0544 e. The molecule has 62 valence electrons. The largest absolute Gasteiger partial charge is 0.378 e. The maximum Gasteiger partial charge on any atom is 0.0544 e. The van der Waals surface area contributed by atoms with E-state index < -0.39 is 0 Å². The molecule has 2 unspecified atom stereocenters. The summed E-state index contributed by atoms with van der Waals surface area (Å²) in [6, 6.07) is 0. The molecule has 0 aliphatic carbocycles. The van der Waals surface area contributed by atoms with E-state index in [1.165, 1.54) is 0 Å². The van der Waals surface area contributed by atoms with Gasteiger partial charge in [0, 0.05) is 5.88 Å². The van der Waals surface area contributed by atoms with Crippen LogP contribution in [0.5, 0.6) is 0 Å². The number of hydrogen-bond acceptors (Lipinski definition) is 1. The highest BCUT2D eigenvalue weighted by Crippen LogP contribution is 2.02. The van der Waals surface area contributed by atoms with Gasteiger partial charge in [0.15, 0.2) is 0 Å². The van der Waals surface area contributed by atoms with Crippen LogP contribution in [0.2, 0.25) is 0 Å². The molecule has 0 radical (unpaired) electrons. The number of ether oxygens (including phenoxy) is 1. The van der Waals surface area contributed by atoms with Crippen molar-refractivity contribution in [3.63, 3.8) is 0 Å². The third-order valence-electron chi connectivity index (χ3n) is 1.50. The van der Waals surface area contributed by atoms with Crippen LogP contribution in [0.25, 0.3) is 0 Å². The summed E-state index contributed by atoms with van der Waals surface area (Å²) in [5, 5.41) is 0. The van der Waals surface area contributed by atoms with Gasteiger partial charge >= 0.3 is 0 Å². The van der Waals surface area contributed by atoms with E-state index >= 15 is 0 Å². The first-order valence-corrected chi connectivity index (χ1v) is 4.41. The summed E-state index contributed by atoms with van der Waals surface area (Å²) in [5.74, 6) is 1.17. The van der Waals surface area contributed by atoms with E-state index in [9.17, 15) is 0 Å². The Morgan fingerprint density at radius 2 is 2.00 bits per heavy atom. The molecule has 0 bridgehead atoms. The van der Waals surface area contributed by atoms with Crippen molar-refractivity contribution >= 4 is 11.6 Å². The summed E-state index contributed by atoms with van der Waals surface area (Å²) in [7, 11) is 0. The molecule has 0 saturated heterocycles. The van der Waals surface area contributed by atoms with Crippen LogP contribution in [0.15, 0.2) is 0 Å². The quantitative estimate of drug-likeness (QED) is 0.568. The van der Waals surface area contributed by atoms with E-state index in [1.807, 2.05) is 0 Å². The molecule has 0 aromatic rings. The SMILES string of the molecule is CCC(C)OCC(C)CCl. The standard InChI is InChI=1S/C8H17ClO/c1-4-8(3)10-6-7(2)5-9/h7-8H,4-6H2,1-3H3. The Morgan fingerprint density at radius 1 is 1.40 bits per heavy atom. The third kappa shape index (κ3) is 5.07. The van der Waals surface area contributed by atoms with Gasteiger partial charge in [-0.15, -0.1) is 11.6 Å². The van der Waals surface area contributed by atoms with Gasteiger partial charge in [0.1, 0.15) is 0 Å². The second kappa shape index (κ2) is 5.99. The van der Waals surface area contributed by atoms with Crippen LogP contribution >= 0.6 is 11.6 Å². The Hall–Kier alpha value is 0.250. The van der Waals surface area contributed by atoms with Crippen LogP contribution in [-0.2, 0) is 4.74 Å². The lowest BCUT2D eigenvalue weighted by Gasteiger charge is -2.13. The first-order chi connectivity index (χ1) is 4.70. The molecule has 0 amide bonds. The highest BCUT2D eigenvalue weighted by Gasteiger charge is 2.02. The van der Waals surface area contributed by atoms with Crippen molar-refractivity contribution in [2.24, 2.45) is 5.92 Å². The molecule has 1 nitrogen and oxygen atoms in total. The van der Waals surface area contributed by atoms with Crippen molar-refractivity contribution < 1.29 is 4.74 Å². The van der Waals surface area contributed by atoms with Crippen LogP contribution in [0, 0.1) is 5.92 Å². The van der Waals surface area contributed by atoms with Gasteiger partial charge in [-0.1, -0.05) is 13.8 Å². The Kier molecular flexibility index (Phi) is 6.14. The maximum atomic E-state index is 5.60. The van der Waals surface area contributed by atoms with Crippen molar-refractivity contribution in [2.75, 3.05) is 12.5 Å². The highest BCUT2D eigenvalue weighted by atomic mass is 35.5. The van der Waals surface area contributed by atoms with Gasteiger partial charge in [-0.3, -0.25) is 0 Å². The van der Waals surface area contributed by atoms with Crippen LogP contribution < -0.4 is 0 Å². The zero-order valence-electron chi connectivity index (χ0n) is 7.06. The summed E-state index contributed by atoms with van der Waals surface area (Å²) >= 11 is 5.60. The minimum atomic E-state index is 0.380. The normalized spacial score (nSPS) is 16.8. The Balaban J connectivity index is 3.17. The first-order valence-electron chi connectivity index (χ1n) is 3.88. The number of rotatable bonds is 5. The summed E-state index contributed by atoms with van der Waals surface area (Å²) in [4.78, 5) is 0. The van der Waals surface area contributed by atoms with Crippen molar-refractivity contribution in [2.45, 2.75) is 33.3 Å². The highest BCUT2D eigenvalue weighted by molar-refractivity contribution is 6.18. The minimum Gasteiger partial charge on any atom is -0.378 e. The average molecular weight is 165 g/mol. The molecule has 0 spiro atoms. The van der Waals surface area contributed by atoms with Crippen LogP contribution in [0.1, 0.15) is 27.2 Å². The van der Waals surface area contributed by atoms with Gasteiger partial charge in [0.25, 0.3) is 0 Å².